The Balaban J connectivity index is 2.66. The molecule has 0 saturated heterocycles. The highest BCUT2D eigenvalue weighted by atomic mass is 32.2. The Morgan fingerprint density at radius 1 is 1.47 bits per heavy atom. The summed E-state index contributed by atoms with van der Waals surface area (Å²) in [6.07, 6.45) is 0. The predicted octanol–water partition coefficient (Wildman–Crippen LogP) is 0.818. The largest absolute Gasteiger partial charge is 0.497 e. The van der Waals surface area contributed by atoms with Crippen LogP contribution >= 0.6 is 0 Å². The number of fused-ring (bicyclic) bond motifs is 1. The number of benzene rings is 1. The van der Waals surface area contributed by atoms with Gasteiger partial charge in [0.05, 0.1) is 18.1 Å². The zero-order chi connectivity index (χ0) is 11.1. The van der Waals surface area contributed by atoms with Crippen LogP contribution in [-0.2, 0) is 10.1 Å². The van der Waals surface area contributed by atoms with Crippen LogP contribution in [0.4, 0.5) is 0 Å². The third-order valence-corrected chi connectivity index (χ3v) is 2.59. The molecular formula is C8H8N2O4S. The molecule has 15 heavy (non-hydrogen) atoms. The van der Waals surface area contributed by atoms with E-state index in [1.165, 1.54) is 7.11 Å². The monoisotopic (exact) mass is 228 g/mol. The summed E-state index contributed by atoms with van der Waals surface area (Å²) in [6.45, 7) is 0. The van der Waals surface area contributed by atoms with Crippen molar-refractivity contribution in [2.75, 3.05) is 7.11 Å². The Hall–Kier alpha value is -1.60. The van der Waals surface area contributed by atoms with E-state index in [9.17, 15) is 8.42 Å². The van der Waals surface area contributed by atoms with E-state index in [1.54, 1.807) is 18.2 Å². The fourth-order valence-electron chi connectivity index (χ4n) is 1.21. The number of nitrogens with zero attached hydrogens (tertiary/aromatic N) is 1. The summed E-state index contributed by atoms with van der Waals surface area (Å²) in [5, 5.41) is -0.467. The number of imidazole rings is 1. The lowest BCUT2D eigenvalue weighted by atomic mass is 10.3. The lowest BCUT2D eigenvalue weighted by molar-refractivity contribution is 0.415. The van der Waals surface area contributed by atoms with Crippen molar-refractivity contribution in [1.29, 1.82) is 0 Å². The third kappa shape index (κ3) is 1.79. The van der Waals surface area contributed by atoms with Crippen molar-refractivity contribution in [3.63, 3.8) is 0 Å². The molecule has 0 atom stereocenters. The van der Waals surface area contributed by atoms with Gasteiger partial charge >= 0.3 is 10.1 Å². The standard InChI is InChI=1S/C8H8N2O4S/c1-14-5-2-3-6-7(4-5)10-8(9-6)15(11,12)13/h2-4H,1H3,(H,9,10)(H,11,12,13). The molecule has 2 rings (SSSR count). The van der Waals surface area contributed by atoms with Crippen molar-refractivity contribution in [2.24, 2.45) is 0 Å². The minimum atomic E-state index is -4.29. The molecule has 80 valence electrons. The van der Waals surface area contributed by atoms with E-state index in [-0.39, 0.29) is 0 Å². The van der Waals surface area contributed by atoms with Crippen molar-refractivity contribution in [3.05, 3.63) is 18.2 Å². The van der Waals surface area contributed by atoms with E-state index in [2.05, 4.69) is 9.97 Å². The number of aromatic amines is 1. The van der Waals surface area contributed by atoms with Gasteiger partial charge in [-0.15, -0.1) is 0 Å². The van der Waals surface area contributed by atoms with Crippen LogP contribution in [0, 0.1) is 0 Å². The second-order valence-corrected chi connectivity index (χ2v) is 4.24. The van der Waals surface area contributed by atoms with Crippen molar-refractivity contribution >= 4 is 21.2 Å². The Kier molecular flexibility index (Phi) is 2.13. The molecule has 0 unspecified atom stereocenters. The van der Waals surface area contributed by atoms with Crippen LogP contribution in [0.5, 0.6) is 5.75 Å². The highest BCUT2D eigenvalue weighted by molar-refractivity contribution is 7.85. The molecule has 2 aromatic rings. The molecule has 6 nitrogen and oxygen atoms in total. The molecule has 0 amide bonds. The van der Waals surface area contributed by atoms with Crippen LogP contribution in [-0.4, -0.2) is 30.0 Å². The van der Waals surface area contributed by atoms with Gasteiger partial charge < -0.3 is 9.72 Å². The maximum absolute atomic E-state index is 10.8. The van der Waals surface area contributed by atoms with Crippen molar-refractivity contribution in [1.82, 2.24) is 9.97 Å². The number of aromatic nitrogens is 2. The van der Waals surface area contributed by atoms with E-state index in [4.69, 9.17) is 9.29 Å². The number of hydrogen-bond acceptors (Lipinski definition) is 4. The van der Waals surface area contributed by atoms with Crippen LogP contribution in [0.2, 0.25) is 0 Å². The summed E-state index contributed by atoms with van der Waals surface area (Å²) < 4.78 is 35.3. The van der Waals surface area contributed by atoms with Gasteiger partial charge in [-0.3, -0.25) is 4.55 Å². The molecule has 0 spiro atoms. The molecule has 0 bridgehead atoms. The van der Waals surface area contributed by atoms with Gasteiger partial charge in [-0.25, -0.2) is 4.98 Å². The lowest BCUT2D eigenvalue weighted by Crippen LogP contribution is -1.99. The first-order chi connectivity index (χ1) is 7.00. The second kappa shape index (κ2) is 3.21. The average molecular weight is 228 g/mol. The molecule has 1 aromatic carbocycles. The first-order valence-electron chi connectivity index (χ1n) is 4.02. The zero-order valence-corrected chi connectivity index (χ0v) is 8.58. The van der Waals surface area contributed by atoms with Crippen molar-refractivity contribution < 1.29 is 17.7 Å². The third-order valence-electron chi connectivity index (χ3n) is 1.91. The maximum Gasteiger partial charge on any atom is 0.328 e. The van der Waals surface area contributed by atoms with Crippen molar-refractivity contribution in [3.8, 4) is 5.75 Å². The van der Waals surface area contributed by atoms with E-state index in [1.807, 2.05) is 0 Å². The van der Waals surface area contributed by atoms with Crippen LogP contribution < -0.4 is 4.74 Å². The number of hydrogen-bond donors (Lipinski definition) is 2. The van der Waals surface area contributed by atoms with E-state index < -0.39 is 15.3 Å². The molecule has 0 saturated carbocycles. The van der Waals surface area contributed by atoms with Crippen LogP contribution in [0.1, 0.15) is 0 Å². The average Bonchev–Trinajstić information content (AvgIpc) is 2.59. The molecule has 1 heterocycles. The van der Waals surface area contributed by atoms with E-state index >= 15 is 0 Å². The summed E-state index contributed by atoms with van der Waals surface area (Å²) in [4.78, 5) is 6.19. The first-order valence-corrected chi connectivity index (χ1v) is 5.46. The number of rotatable bonds is 2. The maximum atomic E-state index is 10.8. The van der Waals surface area contributed by atoms with Crippen LogP contribution in [0.3, 0.4) is 0 Å². The molecular weight excluding hydrogens is 220 g/mol. The van der Waals surface area contributed by atoms with E-state index in [0.29, 0.717) is 16.8 Å². The molecule has 0 fully saturated rings. The van der Waals surface area contributed by atoms with Crippen LogP contribution in [0.25, 0.3) is 11.0 Å². The fourth-order valence-corrected chi connectivity index (χ4v) is 1.67. The highest BCUT2D eigenvalue weighted by Gasteiger charge is 2.15. The van der Waals surface area contributed by atoms with Crippen LogP contribution in [0.15, 0.2) is 23.4 Å². The van der Waals surface area contributed by atoms with Gasteiger partial charge in [-0.05, 0) is 12.1 Å². The molecule has 0 aliphatic heterocycles. The molecule has 1 aromatic heterocycles. The molecule has 7 heteroatoms. The number of nitrogens with one attached hydrogen (secondary N) is 1. The predicted molar refractivity (Wildman–Crippen MR) is 52.5 cm³/mol. The number of H-pyrrole nitrogens is 1. The minimum Gasteiger partial charge on any atom is -0.497 e. The highest BCUT2D eigenvalue weighted by Crippen LogP contribution is 2.19. The zero-order valence-electron chi connectivity index (χ0n) is 7.76. The summed E-state index contributed by atoms with van der Waals surface area (Å²) in [6, 6.07) is 4.84. The Morgan fingerprint density at radius 2 is 2.20 bits per heavy atom. The normalized spacial score (nSPS) is 11.9. The van der Waals surface area contributed by atoms with E-state index in [0.717, 1.165) is 0 Å². The summed E-state index contributed by atoms with van der Waals surface area (Å²) in [7, 11) is -2.79. The molecule has 2 N–H and O–H groups in total. The quantitative estimate of drug-likeness (QED) is 0.742. The number of methoxy groups -OCH3 is 1. The van der Waals surface area contributed by atoms with Gasteiger partial charge in [0.2, 0.25) is 0 Å². The molecule has 0 radical (unpaired) electrons. The van der Waals surface area contributed by atoms with Gasteiger partial charge in [0.1, 0.15) is 5.75 Å². The first kappa shape index (κ1) is 9.94. The summed E-state index contributed by atoms with van der Waals surface area (Å²) in [5.41, 5.74) is 0.936. The SMILES string of the molecule is COc1ccc2nc(S(=O)(=O)O)[nH]c2c1. The smallest absolute Gasteiger partial charge is 0.328 e. The van der Waals surface area contributed by atoms with Gasteiger partial charge in [-0.2, -0.15) is 8.42 Å². The second-order valence-electron chi connectivity index (χ2n) is 2.90. The van der Waals surface area contributed by atoms with Gasteiger partial charge in [-0.1, -0.05) is 0 Å². The van der Waals surface area contributed by atoms with Crippen molar-refractivity contribution in [2.45, 2.75) is 5.16 Å². The lowest BCUT2D eigenvalue weighted by Gasteiger charge is -1.96. The Bertz CT molecular complexity index is 602. The minimum absolute atomic E-state index is 0.448. The summed E-state index contributed by atoms with van der Waals surface area (Å²) >= 11 is 0. The topological polar surface area (TPSA) is 92.3 Å². The Morgan fingerprint density at radius 3 is 2.80 bits per heavy atom. The fraction of sp³-hybridized carbons (Fsp3) is 0.125. The van der Waals surface area contributed by atoms with Gasteiger partial charge in [0.15, 0.2) is 0 Å². The molecule has 0 aliphatic rings. The number of ether oxygens (including phenoxy) is 1. The summed E-state index contributed by atoms with van der Waals surface area (Å²) in [5.74, 6) is 0.577. The Labute approximate surface area is 85.6 Å². The molecule has 0 aliphatic carbocycles. The van der Waals surface area contributed by atoms with Gasteiger partial charge in [0.25, 0.3) is 5.16 Å². The van der Waals surface area contributed by atoms with Gasteiger partial charge in [0, 0.05) is 6.07 Å².